The van der Waals surface area contributed by atoms with E-state index in [1.54, 1.807) is 48.5 Å². The minimum atomic E-state index is -0.926. The smallest absolute Gasteiger partial charge is 0.301 e. The van der Waals surface area contributed by atoms with Crippen molar-refractivity contribution in [3.8, 4) is 5.75 Å². The highest BCUT2D eigenvalue weighted by Gasteiger charge is 2.48. The predicted molar refractivity (Wildman–Crippen MR) is 159 cm³/mol. The monoisotopic (exact) mass is 611 g/mol. The topological polar surface area (TPSA) is 92.6 Å². The Bertz CT molecular complexity index is 1570. The van der Waals surface area contributed by atoms with Gasteiger partial charge < -0.3 is 9.84 Å². The van der Waals surface area contributed by atoms with Crippen LogP contribution in [-0.4, -0.2) is 33.6 Å². The van der Waals surface area contributed by atoms with Gasteiger partial charge in [-0.05, 0) is 60.0 Å². The molecule has 0 aliphatic carbocycles. The maximum Gasteiger partial charge on any atom is 0.301 e. The van der Waals surface area contributed by atoms with Crippen molar-refractivity contribution in [2.24, 2.45) is 0 Å². The summed E-state index contributed by atoms with van der Waals surface area (Å²) in [6.45, 7) is 2.58. The van der Waals surface area contributed by atoms with Crippen molar-refractivity contribution >= 4 is 68.9 Å². The van der Waals surface area contributed by atoms with Gasteiger partial charge in [0.05, 0.1) is 18.2 Å². The van der Waals surface area contributed by atoms with E-state index < -0.39 is 17.7 Å². The standard InChI is InChI=1S/C29H23Cl2N3O4S2/c1-2-15-38-21-13-9-17(10-14-21)24-23(25(35)18-7-11-20(30)12-8-18)26(36)27(37)34(24)28-32-33-29(40-28)39-16-19-5-3-4-6-22(19)31/h3-14,24,35H,2,15-16H2,1H3/b25-23-. The summed E-state index contributed by atoms with van der Waals surface area (Å²) in [5, 5.41) is 21.1. The Hall–Kier alpha value is -3.37. The Kier molecular flexibility index (Phi) is 8.75. The van der Waals surface area contributed by atoms with Crippen molar-refractivity contribution in [3.05, 3.63) is 105 Å². The number of aromatic nitrogens is 2. The maximum atomic E-state index is 13.4. The number of ether oxygens (including phenoxy) is 1. The molecule has 4 aromatic rings. The molecule has 1 fully saturated rings. The van der Waals surface area contributed by atoms with Gasteiger partial charge in [-0.25, -0.2) is 0 Å². The van der Waals surface area contributed by atoms with Crippen molar-refractivity contribution in [1.82, 2.24) is 10.2 Å². The normalized spacial score (nSPS) is 16.5. The first-order valence-corrected chi connectivity index (χ1v) is 14.9. The summed E-state index contributed by atoms with van der Waals surface area (Å²) in [6.07, 6.45) is 0.858. The molecule has 7 nitrogen and oxygen atoms in total. The Morgan fingerprint density at radius 2 is 1.75 bits per heavy atom. The molecular formula is C29H23Cl2N3O4S2. The molecule has 0 bridgehead atoms. The molecule has 40 heavy (non-hydrogen) atoms. The van der Waals surface area contributed by atoms with Gasteiger partial charge in [-0.3, -0.25) is 14.5 Å². The summed E-state index contributed by atoms with van der Waals surface area (Å²) in [6, 6.07) is 20.1. The number of nitrogens with zero attached hydrogens (tertiary/aromatic N) is 3. The molecule has 1 aliphatic heterocycles. The number of aliphatic hydroxyl groups excluding tert-OH is 1. The van der Waals surface area contributed by atoms with Gasteiger partial charge in [0.2, 0.25) is 5.13 Å². The van der Waals surface area contributed by atoms with Crippen LogP contribution in [0.2, 0.25) is 10.0 Å². The number of carbonyl (C=O) groups is 2. The predicted octanol–water partition coefficient (Wildman–Crippen LogP) is 7.55. The van der Waals surface area contributed by atoms with Gasteiger partial charge in [-0.1, -0.05) is 83.6 Å². The van der Waals surface area contributed by atoms with Crippen LogP contribution in [0.3, 0.4) is 0 Å². The van der Waals surface area contributed by atoms with E-state index in [2.05, 4.69) is 10.2 Å². The summed E-state index contributed by atoms with van der Waals surface area (Å²) in [4.78, 5) is 28.1. The molecule has 3 aromatic carbocycles. The van der Waals surface area contributed by atoms with E-state index in [-0.39, 0.29) is 16.5 Å². The van der Waals surface area contributed by atoms with E-state index in [1.165, 1.54) is 28.0 Å². The molecule has 2 heterocycles. The second-order valence-corrected chi connectivity index (χ2v) is 11.8. The largest absolute Gasteiger partial charge is 0.507 e. The number of ketones is 1. The minimum Gasteiger partial charge on any atom is -0.507 e. The molecule has 1 N–H and O–H groups in total. The third-order valence-corrected chi connectivity index (χ3v) is 8.87. The van der Waals surface area contributed by atoms with Crippen LogP contribution in [0.5, 0.6) is 5.75 Å². The third kappa shape index (κ3) is 5.88. The Labute approximate surface area is 249 Å². The van der Waals surface area contributed by atoms with E-state index in [1.807, 2.05) is 31.2 Å². The zero-order chi connectivity index (χ0) is 28.2. The van der Waals surface area contributed by atoms with E-state index in [4.69, 9.17) is 27.9 Å². The molecule has 0 spiro atoms. The molecule has 1 amide bonds. The molecule has 0 saturated carbocycles. The number of anilines is 1. The van der Waals surface area contributed by atoms with Crippen LogP contribution in [-0.2, 0) is 15.3 Å². The second kappa shape index (κ2) is 12.4. The lowest BCUT2D eigenvalue weighted by atomic mass is 9.95. The number of thioether (sulfide) groups is 1. The number of hydrogen-bond donors (Lipinski definition) is 1. The van der Waals surface area contributed by atoms with Crippen molar-refractivity contribution in [2.45, 2.75) is 29.5 Å². The van der Waals surface area contributed by atoms with E-state index in [0.717, 1.165) is 12.0 Å². The Morgan fingerprint density at radius 3 is 2.45 bits per heavy atom. The van der Waals surface area contributed by atoms with Gasteiger partial charge in [-0.15, -0.1) is 10.2 Å². The molecule has 1 atom stereocenters. The molecule has 1 aromatic heterocycles. The Morgan fingerprint density at radius 1 is 1.02 bits per heavy atom. The lowest BCUT2D eigenvalue weighted by molar-refractivity contribution is -0.132. The van der Waals surface area contributed by atoms with Crippen LogP contribution < -0.4 is 9.64 Å². The number of Topliss-reactive ketones (excluding diaryl/α,β-unsaturated/α-hetero) is 1. The first kappa shape index (κ1) is 28.2. The average Bonchev–Trinajstić information content (AvgIpc) is 3.53. The summed E-state index contributed by atoms with van der Waals surface area (Å²) in [7, 11) is 0. The summed E-state index contributed by atoms with van der Waals surface area (Å²) < 4.78 is 6.31. The summed E-state index contributed by atoms with van der Waals surface area (Å²) in [5.41, 5.74) is 1.87. The number of benzene rings is 3. The van der Waals surface area contributed by atoms with Gasteiger partial charge in [0.1, 0.15) is 11.5 Å². The van der Waals surface area contributed by atoms with Crippen LogP contribution in [0, 0.1) is 0 Å². The summed E-state index contributed by atoms with van der Waals surface area (Å²) in [5.74, 6) is -0.692. The lowest BCUT2D eigenvalue weighted by Gasteiger charge is -2.22. The molecule has 1 aliphatic rings. The van der Waals surface area contributed by atoms with Gasteiger partial charge in [0.15, 0.2) is 4.34 Å². The first-order valence-electron chi connectivity index (χ1n) is 12.4. The highest BCUT2D eigenvalue weighted by Crippen LogP contribution is 2.44. The molecule has 1 unspecified atom stereocenters. The Balaban J connectivity index is 1.53. The van der Waals surface area contributed by atoms with Crippen LogP contribution in [0.25, 0.3) is 5.76 Å². The van der Waals surface area contributed by atoms with Crippen molar-refractivity contribution < 1.29 is 19.4 Å². The van der Waals surface area contributed by atoms with Crippen molar-refractivity contribution in [3.63, 3.8) is 0 Å². The van der Waals surface area contributed by atoms with E-state index in [9.17, 15) is 14.7 Å². The quantitative estimate of drug-likeness (QED) is 0.0686. The molecular weight excluding hydrogens is 589 g/mol. The molecule has 5 rings (SSSR count). The van der Waals surface area contributed by atoms with Crippen molar-refractivity contribution in [2.75, 3.05) is 11.5 Å². The fraction of sp³-hybridized carbons (Fsp3) is 0.172. The number of carbonyl (C=O) groups excluding carboxylic acids is 2. The second-order valence-electron chi connectivity index (χ2n) is 8.82. The van der Waals surface area contributed by atoms with Gasteiger partial charge in [-0.2, -0.15) is 0 Å². The maximum absolute atomic E-state index is 13.4. The molecule has 1 saturated heterocycles. The van der Waals surface area contributed by atoms with E-state index in [0.29, 0.717) is 43.6 Å². The number of amides is 1. The van der Waals surface area contributed by atoms with E-state index >= 15 is 0 Å². The molecule has 0 radical (unpaired) electrons. The van der Waals surface area contributed by atoms with Crippen LogP contribution in [0.15, 0.2) is 82.7 Å². The fourth-order valence-electron chi connectivity index (χ4n) is 4.19. The SMILES string of the molecule is CCCOc1ccc(C2/C(=C(/O)c3ccc(Cl)cc3)C(=O)C(=O)N2c2nnc(SCc3ccccc3Cl)s2)cc1. The molecule has 204 valence electrons. The highest BCUT2D eigenvalue weighted by molar-refractivity contribution is 8.00. The number of hydrogen-bond acceptors (Lipinski definition) is 8. The zero-order valence-electron chi connectivity index (χ0n) is 21.2. The van der Waals surface area contributed by atoms with Gasteiger partial charge >= 0.3 is 5.91 Å². The van der Waals surface area contributed by atoms with Crippen molar-refractivity contribution in [1.29, 1.82) is 0 Å². The minimum absolute atomic E-state index is 0.0463. The lowest BCUT2D eigenvalue weighted by Crippen LogP contribution is -2.29. The third-order valence-electron chi connectivity index (χ3n) is 6.14. The summed E-state index contributed by atoms with van der Waals surface area (Å²) >= 11 is 14.9. The van der Waals surface area contributed by atoms with Crippen LogP contribution in [0.4, 0.5) is 5.13 Å². The highest BCUT2D eigenvalue weighted by atomic mass is 35.5. The molecule has 11 heteroatoms. The van der Waals surface area contributed by atoms with Crippen LogP contribution in [0.1, 0.15) is 36.1 Å². The van der Waals surface area contributed by atoms with Gasteiger partial charge in [0.25, 0.3) is 5.78 Å². The average molecular weight is 613 g/mol. The number of rotatable bonds is 9. The fourth-order valence-corrected chi connectivity index (χ4v) is 6.47. The number of aliphatic hydroxyl groups is 1. The van der Waals surface area contributed by atoms with Gasteiger partial charge in [0, 0.05) is 21.4 Å². The van der Waals surface area contributed by atoms with Crippen LogP contribution >= 0.6 is 46.3 Å². The number of halogens is 2. The zero-order valence-corrected chi connectivity index (χ0v) is 24.4. The first-order chi connectivity index (χ1) is 19.4.